The molecule has 1 aliphatic rings. The van der Waals surface area contributed by atoms with Gasteiger partial charge in [0.25, 0.3) is 5.91 Å². The Morgan fingerprint density at radius 2 is 1.90 bits per heavy atom. The molecule has 0 spiro atoms. The smallest absolute Gasteiger partial charge is 0.284 e. The summed E-state index contributed by atoms with van der Waals surface area (Å²) in [6.07, 6.45) is 0. The van der Waals surface area contributed by atoms with Crippen LogP contribution in [-0.4, -0.2) is 83.5 Å². The molecule has 1 aliphatic heterocycles. The zero-order valence-electron chi connectivity index (χ0n) is 11.4. The monoisotopic (exact) mass is 317 g/mol. The predicted molar refractivity (Wildman–Crippen MR) is 76.0 cm³/mol. The zero-order valence-corrected chi connectivity index (χ0v) is 12.9. The van der Waals surface area contributed by atoms with Gasteiger partial charge in [0.2, 0.25) is 15.4 Å². The van der Waals surface area contributed by atoms with Gasteiger partial charge in [0.15, 0.2) is 0 Å². The van der Waals surface area contributed by atoms with Crippen LogP contribution in [0.3, 0.4) is 0 Å². The fraction of sp³-hybridized carbons (Fsp3) is 0.636. The number of likely N-dealkylation sites (N-methyl/N-ethyl adjacent to an activating group) is 1. The van der Waals surface area contributed by atoms with E-state index in [1.54, 1.807) is 23.9 Å². The van der Waals surface area contributed by atoms with Crippen molar-refractivity contribution in [1.29, 1.82) is 0 Å². The van der Waals surface area contributed by atoms with E-state index in [2.05, 4.69) is 10.2 Å². The van der Waals surface area contributed by atoms with Gasteiger partial charge in [-0.05, 0) is 11.6 Å². The topological polar surface area (TPSA) is 69.6 Å². The van der Waals surface area contributed by atoms with Gasteiger partial charge in [-0.3, -0.25) is 14.5 Å². The lowest BCUT2D eigenvalue weighted by atomic mass is 10.3. The summed E-state index contributed by atoms with van der Waals surface area (Å²) in [6, 6.07) is 0. The number of amides is 2. The van der Waals surface area contributed by atoms with Crippen LogP contribution in [0, 0.1) is 0 Å². The Hall–Kier alpha value is -1.25. The first-order chi connectivity index (χ1) is 9.47. The van der Waals surface area contributed by atoms with Crippen LogP contribution in [0.2, 0.25) is 4.47 Å². The fourth-order valence-electron chi connectivity index (χ4n) is 1.87. The number of piperazine rings is 1. The molecule has 7 nitrogen and oxygen atoms in total. The van der Waals surface area contributed by atoms with Crippen molar-refractivity contribution in [3.05, 3.63) is 9.47 Å². The minimum Gasteiger partial charge on any atom is -0.348 e. The molecule has 1 fully saturated rings. The first-order valence-corrected chi connectivity index (χ1v) is 7.37. The number of nitrogens with zero attached hydrogens (tertiary/aromatic N) is 5. The third-order valence-electron chi connectivity index (χ3n) is 3.10. The standard InChI is InChI=1S/C11H16ClN5O2S/c1-15(2)8(18)7-16-3-5-17(6-4-16)10(19)9-13-14-11(12)20-9/h3-7H2,1-2H3. The highest BCUT2D eigenvalue weighted by atomic mass is 35.5. The molecule has 0 unspecified atom stereocenters. The molecule has 1 saturated heterocycles. The first-order valence-electron chi connectivity index (χ1n) is 6.18. The molecule has 9 heteroatoms. The van der Waals surface area contributed by atoms with Gasteiger partial charge in [-0.25, -0.2) is 0 Å². The normalized spacial score (nSPS) is 16.2. The Balaban J connectivity index is 1.85. The molecule has 1 aromatic heterocycles. The van der Waals surface area contributed by atoms with Crippen LogP contribution in [0.4, 0.5) is 0 Å². The highest BCUT2D eigenvalue weighted by Gasteiger charge is 2.25. The minimum absolute atomic E-state index is 0.0701. The SMILES string of the molecule is CN(C)C(=O)CN1CCN(C(=O)c2nnc(Cl)s2)CC1. The summed E-state index contributed by atoms with van der Waals surface area (Å²) < 4.78 is 0.267. The van der Waals surface area contributed by atoms with Gasteiger partial charge < -0.3 is 9.80 Å². The number of carbonyl (C=O) groups excluding carboxylic acids is 2. The molecule has 20 heavy (non-hydrogen) atoms. The van der Waals surface area contributed by atoms with E-state index < -0.39 is 0 Å². The molecule has 2 amide bonds. The molecule has 0 bridgehead atoms. The fourth-order valence-corrected chi connectivity index (χ4v) is 2.67. The number of halogens is 1. The molecule has 2 rings (SSSR count). The van der Waals surface area contributed by atoms with Gasteiger partial charge in [-0.1, -0.05) is 11.3 Å². The lowest BCUT2D eigenvalue weighted by molar-refractivity contribution is -0.130. The molecule has 2 heterocycles. The van der Waals surface area contributed by atoms with Gasteiger partial charge in [0.1, 0.15) is 0 Å². The Bertz CT molecular complexity index is 499. The van der Waals surface area contributed by atoms with Gasteiger partial charge in [-0.15, -0.1) is 10.2 Å². The second-order valence-corrected chi connectivity index (χ2v) is 6.28. The largest absolute Gasteiger partial charge is 0.348 e. The summed E-state index contributed by atoms with van der Waals surface area (Å²) in [6.45, 7) is 2.91. The Morgan fingerprint density at radius 1 is 1.25 bits per heavy atom. The van der Waals surface area contributed by atoms with E-state index in [0.29, 0.717) is 37.7 Å². The quantitative estimate of drug-likeness (QED) is 0.787. The van der Waals surface area contributed by atoms with Gasteiger partial charge in [-0.2, -0.15) is 0 Å². The van der Waals surface area contributed by atoms with Crippen molar-refractivity contribution in [3.63, 3.8) is 0 Å². The van der Waals surface area contributed by atoms with Crippen molar-refractivity contribution >= 4 is 34.8 Å². The Kier molecular flexibility index (Phi) is 4.90. The van der Waals surface area contributed by atoms with E-state index in [1.807, 2.05) is 4.90 Å². The summed E-state index contributed by atoms with van der Waals surface area (Å²) in [5.74, 6) is -0.0753. The summed E-state index contributed by atoms with van der Waals surface area (Å²) in [4.78, 5) is 29.1. The van der Waals surface area contributed by atoms with E-state index in [1.165, 1.54) is 0 Å². The maximum Gasteiger partial charge on any atom is 0.284 e. The lowest BCUT2D eigenvalue weighted by Crippen LogP contribution is -2.51. The number of hydrogen-bond acceptors (Lipinski definition) is 6. The summed E-state index contributed by atoms with van der Waals surface area (Å²) in [5.41, 5.74) is 0. The Morgan fingerprint density at radius 3 is 2.40 bits per heavy atom. The molecule has 0 atom stereocenters. The van der Waals surface area contributed by atoms with Crippen LogP contribution >= 0.6 is 22.9 Å². The number of carbonyl (C=O) groups is 2. The summed E-state index contributed by atoms with van der Waals surface area (Å²) in [5, 5.41) is 7.70. The maximum atomic E-state index is 12.1. The van der Waals surface area contributed by atoms with Crippen molar-refractivity contribution in [2.45, 2.75) is 0 Å². The van der Waals surface area contributed by atoms with Crippen LogP contribution in [0.1, 0.15) is 9.80 Å². The van der Waals surface area contributed by atoms with Crippen LogP contribution in [0.25, 0.3) is 0 Å². The van der Waals surface area contributed by atoms with E-state index in [-0.39, 0.29) is 16.3 Å². The molecule has 0 aliphatic carbocycles. The number of rotatable bonds is 3. The van der Waals surface area contributed by atoms with E-state index >= 15 is 0 Å². The molecule has 0 aromatic carbocycles. The number of aromatic nitrogens is 2. The van der Waals surface area contributed by atoms with E-state index in [4.69, 9.17) is 11.6 Å². The molecule has 0 radical (unpaired) electrons. The average Bonchev–Trinajstić information content (AvgIpc) is 2.85. The summed E-state index contributed by atoms with van der Waals surface area (Å²) >= 11 is 6.76. The van der Waals surface area contributed by atoms with E-state index in [0.717, 1.165) is 11.3 Å². The molecule has 0 N–H and O–H groups in total. The van der Waals surface area contributed by atoms with Crippen molar-refractivity contribution in [2.75, 3.05) is 46.8 Å². The second-order valence-electron chi connectivity index (χ2n) is 4.72. The first kappa shape index (κ1) is 15.1. The second kappa shape index (κ2) is 6.47. The van der Waals surface area contributed by atoms with Crippen molar-refractivity contribution < 1.29 is 9.59 Å². The number of hydrogen-bond donors (Lipinski definition) is 0. The molecule has 110 valence electrons. The van der Waals surface area contributed by atoms with Gasteiger partial charge in [0, 0.05) is 40.3 Å². The Labute approximate surface area is 126 Å². The van der Waals surface area contributed by atoms with Crippen LogP contribution in [-0.2, 0) is 4.79 Å². The zero-order chi connectivity index (χ0) is 14.7. The third kappa shape index (κ3) is 3.65. The van der Waals surface area contributed by atoms with Gasteiger partial charge >= 0.3 is 0 Å². The van der Waals surface area contributed by atoms with Crippen molar-refractivity contribution in [2.24, 2.45) is 0 Å². The molecule has 1 aromatic rings. The highest BCUT2D eigenvalue weighted by molar-refractivity contribution is 7.17. The average molecular weight is 318 g/mol. The predicted octanol–water partition coefficient (Wildman–Crippen LogP) is 0.0375. The third-order valence-corrected chi connectivity index (χ3v) is 4.11. The lowest BCUT2D eigenvalue weighted by Gasteiger charge is -2.34. The van der Waals surface area contributed by atoms with Crippen LogP contribution < -0.4 is 0 Å². The summed E-state index contributed by atoms with van der Waals surface area (Å²) in [7, 11) is 3.47. The van der Waals surface area contributed by atoms with E-state index in [9.17, 15) is 9.59 Å². The molecule has 0 saturated carbocycles. The minimum atomic E-state index is -0.145. The highest BCUT2D eigenvalue weighted by Crippen LogP contribution is 2.17. The molecular weight excluding hydrogens is 302 g/mol. The van der Waals surface area contributed by atoms with Crippen LogP contribution in [0.5, 0.6) is 0 Å². The van der Waals surface area contributed by atoms with Crippen molar-refractivity contribution in [1.82, 2.24) is 24.9 Å². The van der Waals surface area contributed by atoms with Crippen LogP contribution in [0.15, 0.2) is 0 Å². The molecular formula is C11H16ClN5O2S. The van der Waals surface area contributed by atoms with Crippen molar-refractivity contribution in [3.8, 4) is 0 Å². The van der Waals surface area contributed by atoms with Gasteiger partial charge in [0.05, 0.1) is 6.54 Å². The maximum absolute atomic E-state index is 12.1.